The Kier molecular flexibility index (Phi) is 8.90. The van der Waals surface area contributed by atoms with Gasteiger partial charge in [0, 0.05) is 51.9 Å². The van der Waals surface area contributed by atoms with Crippen LogP contribution in [0.3, 0.4) is 0 Å². The van der Waals surface area contributed by atoms with Crippen molar-refractivity contribution in [1.29, 1.82) is 0 Å². The fourth-order valence-electron chi connectivity index (χ4n) is 2.32. The zero-order valence-electron chi connectivity index (χ0n) is 15.1. The number of hydrogen-bond acceptors (Lipinski definition) is 8. The molecule has 0 atom stereocenters. The van der Waals surface area contributed by atoms with Crippen LogP contribution in [-0.2, 0) is 36.9 Å². The van der Waals surface area contributed by atoms with Gasteiger partial charge in [-0.15, -0.1) is 0 Å². The fraction of sp³-hybridized carbons (Fsp3) is 0.714. The lowest BCUT2D eigenvalue weighted by molar-refractivity contribution is -0.141. The summed E-state index contributed by atoms with van der Waals surface area (Å²) in [6.45, 7) is 8.47. The minimum Gasteiger partial charge on any atom is -0.485 e. The van der Waals surface area contributed by atoms with Gasteiger partial charge >= 0.3 is 17.1 Å². The molecule has 0 unspecified atom stereocenters. The lowest BCUT2D eigenvalue weighted by atomic mass is 10.8. The molecule has 0 aromatic heterocycles. The summed E-state index contributed by atoms with van der Waals surface area (Å²) in [5.74, 6) is -2.19. The molecule has 0 aromatic rings. The Balaban J connectivity index is 5.47. The van der Waals surface area contributed by atoms with Gasteiger partial charge in [0.2, 0.25) is 0 Å². The predicted molar refractivity (Wildman–Crippen MR) is 89.1 cm³/mol. The van der Waals surface area contributed by atoms with Crippen LogP contribution < -0.4 is 0 Å². The van der Waals surface area contributed by atoms with E-state index >= 15 is 0 Å². The summed E-state index contributed by atoms with van der Waals surface area (Å²) in [5, 5.41) is 0. The second-order valence-electron chi connectivity index (χ2n) is 5.40. The molecule has 24 heavy (non-hydrogen) atoms. The Morgan fingerprint density at radius 2 is 0.792 bits per heavy atom. The van der Waals surface area contributed by atoms with Gasteiger partial charge < -0.3 is 17.7 Å². The van der Waals surface area contributed by atoms with Crippen molar-refractivity contribution in [3.63, 3.8) is 0 Å². The van der Waals surface area contributed by atoms with Crippen LogP contribution in [0.25, 0.3) is 0 Å². The van der Waals surface area contributed by atoms with E-state index in [2.05, 4.69) is 0 Å². The standard InChI is InChI=1S/C14H26O8Si2/c1-7-23(19-11(3)15,20-12(4)16)9-10-24(8-2,21-13(5)17)22-14(6)18/h7-10H2,1-6H3. The van der Waals surface area contributed by atoms with Crippen molar-refractivity contribution in [3.8, 4) is 0 Å². The number of carbonyl (C=O) groups is 4. The number of hydrogen-bond donors (Lipinski definition) is 0. The molecule has 0 aliphatic carbocycles. The maximum atomic E-state index is 11.4. The maximum Gasteiger partial charge on any atom is 0.463 e. The highest BCUT2D eigenvalue weighted by Crippen LogP contribution is 2.29. The first kappa shape index (κ1) is 22.3. The number of carbonyl (C=O) groups excluding carboxylic acids is 4. The molecule has 0 aromatic carbocycles. The fourth-order valence-corrected chi connectivity index (χ4v) is 9.24. The van der Waals surface area contributed by atoms with Crippen LogP contribution in [0, 0.1) is 0 Å². The molecule has 138 valence electrons. The zero-order valence-corrected chi connectivity index (χ0v) is 17.1. The van der Waals surface area contributed by atoms with E-state index < -0.39 is 41.0 Å². The molecule has 0 aliphatic heterocycles. The largest absolute Gasteiger partial charge is 0.485 e. The molecule has 0 fully saturated rings. The third-order valence-electron chi connectivity index (χ3n) is 3.28. The van der Waals surface area contributed by atoms with Gasteiger partial charge in [-0.1, -0.05) is 13.8 Å². The van der Waals surface area contributed by atoms with Crippen molar-refractivity contribution < 1.29 is 36.9 Å². The lowest BCUT2D eigenvalue weighted by Gasteiger charge is -2.32. The molecule has 0 spiro atoms. The molecule has 0 bridgehead atoms. The average Bonchev–Trinajstić information content (AvgIpc) is 2.42. The van der Waals surface area contributed by atoms with Crippen LogP contribution in [-0.4, -0.2) is 41.0 Å². The summed E-state index contributed by atoms with van der Waals surface area (Å²) < 4.78 is 21.4. The van der Waals surface area contributed by atoms with Crippen LogP contribution >= 0.6 is 0 Å². The Labute approximate surface area is 144 Å². The maximum absolute atomic E-state index is 11.4. The average molecular weight is 379 g/mol. The minimum atomic E-state index is -3.17. The molecule has 0 radical (unpaired) electrons. The highest BCUT2D eigenvalue weighted by molar-refractivity contribution is 6.75. The van der Waals surface area contributed by atoms with Crippen molar-refractivity contribution >= 4 is 41.0 Å². The summed E-state index contributed by atoms with van der Waals surface area (Å²) in [6, 6.07) is 1.09. The Hall–Kier alpha value is -1.69. The highest BCUT2D eigenvalue weighted by atomic mass is 28.4. The Bertz CT molecular complexity index is 415. The van der Waals surface area contributed by atoms with Crippen molar-refractivity contribution in [3.05, 3.63) is 0 Å². The first-order chi connectivity index (χ1) is 11.0. The third-order valence-corrected chi connectivity index (χ3v) is 10.6. The van der Waals surface area contributed by atoms with E-state index in [0.29, 0.717) is 12.1 Å². The van der Waals surface area contributed by atoms with Gasteiger partial charge in [-0.3, -0.25) is 19.2 Å². The van der Waals surface area contributed by atoms with Crippen LogP contribution in [0.4, 0.5) is 0 Å². The van der Waals surface area contributed by atoms with E-state index in [0.717, 1.165) is 0 Å². The van der Waals surface area contributed by atoms with Gasteiger partial charge in [0.15, 0.2) is 0 Å². The summed E-state index contributed by atoms with van der Waals surface area (Å²) in [6.07, 6.45) is 0. The molecule has 0 saturated heterocycles. The van der Waals surface area contributed by atoms with Crippen LogP contribution in [0.1, 0.15) is 41.5 Å². The molecule has 0 N–H and O–H groups in total. The van der Waals surface area contributed by atoms with E-state index in [1.165, 1.54) is 27.7 Å². The molecular formula is C14H26O8Si2. The van der Waals surface area contributed by atoms with Gasteiger partial charge in [-0.2, -0.15) is 0 Å². The van der Waals surface area contributed by atoms with Crippen LogP contribution in [0.2, 0.25) is 24.2 Å². The molecular weight excluding hydrogens is 352 g/mol. The predicted octanol–water partition coefficient (Wildman–Crippen LogP) is 2.16. The quantitative estimate of drug-likeness (QED) is 0.562. The molecule has 8 nitrogen and oxygen atoms in total. The van der Waals surface area contributed by atoms with E-state index in [9.17, 15) is 19.2 Å². The topological polar surface area (TPSA) is 105 Å². The molecule has 0 rings (SSSR count). The molecule has 0 heterocycles. The van der Waals surface area contributed by atoms with Gasteiger partial charge in [-0.05, 0) is 0 Å². The summed E-state index contributed by atoms with van der Waals surface area (Å²) >= 11 is 0. The first-order valence-corrected chi connectivity index (χ1v) is 12.2. The van der Waals surface area contributed by atoms with Gasteiger partial charge in [-0.25, -0.2) is 0 Å². The second-order valence-corrected chi connectivity index (χ2v) is 12.3. The first-order valence-electron chi connectivity index (χ1n) is 7.78. The Morgan fingerprint density at radius 1 is 0.583 bits per heavy atom. The Morgan fingerprint density at radius 3 is 0.917 bits per heavy atom. The molecule has 0 saturated carbocycles. The SMILES string of the molecule is CC[Si](CC[Si](CC)(OC(C)=O)OC(C)=O)(OC(C)=O)OC(C)=O. The van der Waals surface area contributed by atoms with Crippen molar-refractivity contribution in [2.45, 2.75) is 65.7 Å². The molecule has 0 aliphatic rings. The summed E-state index contributed by atoms with van der Waals surface area (Å²) in [7, 11) is -6.34. The van der Waals surface area contributed by atoms with Gasteiger partial charge in [0.05, 0.1) is 0 Å². The summed E-state index contributed by atoms with van der Waals surface area (Å²) in [5.41, 5.74) is 0. The smallest absolute Gasteiger partial charge is 0.463 e. The van der Waals surface area contributed by atoms with Crippen molar-refractivity contribution in [1.82, 2.24) is 0 Å². The summed E-state index contributed by atoms with van der Waals surface area (Å²) in [4.78, 5) is 45.6. The molecule has 10 heteroatoms. The minimum absolute atomic E-state index is 0.198. The van der Waals surface area contributed by atoms with Crippen LogP contribution in [0.5, 0.6) is 0 Å². The molecule has 0 amide bonds. The zero-order chi connectivity index (χ0) is 19.0. The van der Waals surface area contributed by atoms with Crippen molar-refractivity contribution in [2.75, 3.05) is 0 Å². The normalized spacial score (nSPS) is 11.4. The second kappa shape index (κ2) is 9.57. The van der Waals surface area contributed by atoms with E-state index in [1.54, 1.807) is 13.8 Å². The third kappa shape index (κ3) is 7.73. The van der Waals surface area contributed by atoms with E-state index in [4.69, 9.17) is 17.7 Å². The van der Waals surface area contributed by atoms with E-state index in [-0.39, 0.29) is 12.1 Å². The van der Waals surface area contributed by atoms with E-state index in [1.807, 2.05) is 0 Å². The van der Waals surface area contributed by atoms with Gasteiger partial charge in [0.1, 0.15) is 0 Å². The van der Waals surface area contributed by atoms with Gasteiger partial charge in [0.25, 0.3) is 23.9 Å². The van der Waals surface area contributed by atoms with Crippen LogP contribution in [0.15, 0.2) is 0 Å². The lowest BCUT2D eigenvalue weighted by Crippen LogP contribution is -2.50. The van der Waals surface area contributed by atoms with Crippen molar-refractivity contribution in [2.24, 2.45) is 0 Å². The highest BCUT2D eigenvalue weighted by Gasteiger charge is 2.49. The monoisotopic (exact) mass is 378 g/mol. The number of rotatable bonds is 9.